The average Bonchev–Trinajstić information content (AvgIpc) is 2.11. The molecule has 0 heterocycles. The maximum atomic E-state index is 10.8. The first-order valence-corrected chi connectivity index (χ1v) is 5.04. The van der Waals surface area contributed by atoms with E-state index in [1.54, 1.807) is 0 Å². The van der Waals surface area contributed by atoms with Gasteiger partial charge in [-0.3, -0.25) is 4.79 Å². The molecule has 1 N–H and O–H groups in total. The summed E-state index contributed by atoms with van der Waals surface area (Å²) in [6.45, 7) is 7.20. The van der Waals surface area contributed by atoms with Gasteiger partial charge >= 0.3 is 0 Å². The molecule has 1 amide bonds. The molecule has 13 heavy (non-hydrogen) atoms. The zero-order valence-corrected chi connectivity index (χ0v) is 9.21. The molecular formula is C10H22N2O. The van der Waals surface area contributed by atoms with E-state index in [2.05, 4.69) is 26.1 Å². The number of hydrogen-bond acceptors (Lipinski definition) is 2. The SMILES string of the molecule is CCC(CCNC)N(C=O)C(C)C. The van der Waals surface area contributed by atoms with Gasteiger partial charge in [0.05, 0.1) is 0 Å². The molecule has 0 rings (SSSR count). The summed E-state index contributed by atoms with van der Waals surface area (Å²) in [5, 5.41) is 3.11. The molecule has 3 heteroatoms. The van der Waals surface area contributed by atoms with Crippen LogP contribution >= 0.6 is 0 Å². The Labute approximate surface area is 81.5 Å². The first kappa shape index (κ1) is 12.4. The summed E-state index contributed by atoms with van der Waals surface area (Å²) in [7, 11) is 1.94. The fraction of sp³-hybridized carbons (Fsp3) is 0.900. The Bertz CT molecular complexity index is 137. The molecule has 1 unspecified atom stereocenters. The highest BCUT2D eigenvalue weighted by Crippen LogP contribution is 2.09. The molecule has 0 saturated carbocycles. The largest absolute Gasteiger partial charge is 0.340 e. The molecule has 78 valence electrons. The van der Waals surface area contributed by atoms with Crippen molar-refractivity contribution in [2.24, 2.45) is 0 Å². The quantitative estimate of drug-likeness (QED) is 0.607. The van der Waals surface area contributed by atoms with Crippen molar-refractivity contribution < 1.29 is 4.79 Å². The molecule has 0 saturated heterocycles. The van der Waals surface area contributed by atoms with Crippen LogP contribution in [-0.2, 0) is 4.79 Å². The molecule has 0 aromatic rings. The van der Waals surface area contributed by atoms with E-state index in [0.29, 0.717) is 12.1 Å². The number of amides is 1. The van der Waals surface area contributed by atoms with Crippen molar-refractivity contribution in [1.29, 1.82) is 0 Å². The second-order valence-electron chi connectivity index (χ2n) is 3.60. The normalized spacial score (nSPS) is 13.0. The maximum absolute atomic E-state index is 10.8. The Morgan fingerprint density at radius 1 is 1.46 bits per heavy atom. The lowest BCUT2D eigenvalue weighted by Crippen LogP contribution is -2.40. The molecule has 3 nitrogen and oxygen atoms in total. The summed E-state index contributed by atoms with van der Waals surface area (Å²) in [4.78, 5) is 12.7. The zero-order chi connectivity index (χ0) is 10.3. The molecular weight excluding hydrogens is 164 g/mol. The summed E-state index contributed by atoms with van der Waals surface area (Å²) in [5.41, 5.74) is 0. The summed E-state index contributed by atoms with van der Waals surface area (Å²) >= 11 is 0. The van der Waals surface area contributed by atoms with Crippen molar-refractivity contribution in [3.63, 3.8) is 0 Å². The van der Waals surface area contributed by atoms with E-state index in [4.69, 9.17) is 0 Å². The monoisotopic (exact) mass is 186 g/mol. The fourth-order valence-electron chi connectivity index (χ4n) is 1.50. The Morgan fingerprint density at radius 3 is 2.38 bits per heavy atom. The van der Waals surface area contributed by atoms with Crippen LogP contribution in [0.2, 0.25) is 0 Å². The van der Waals surface area contributed by atoms with Crippen molar-refractivity contribution in [3.8, 4) is 0 Å². The molecule has 0 aliphatic carbocycles. The van der Waals surface area contributed by atoms with E-state index in [1.807, 2.05) is 11.9 Å². The first-order valence-electron chi connectivity index (χ1n) is 5.04. The highest BCUT2D eigenvalue weighted by Gasteiger charge is 2.16. The smallest absolute Gasteiger partial charge is 0.210 e. The van der Waals surface area contributed by atoms with E-state index in [-0.39, 0.29) is 0 Å². The van der Waals surface area contributed by atoms with Crippen molar-refractivity contribution in [3.05, 3.63) is 0 Å². The summed E-state index contributed by atoms with van der Waals surface area (Å²) in [6, 6.07) is 0.684. The van der Waals surface area contributed by atoms with Crippen molar-refractivity contribution in [2.45, 2.75) is 45.7 Å². The number of carbonyl (C=O) groups excluding carboxylic acids is 1. The van der Waals surface area contributed by atoms with Crippen molar-refractivity contribution >= 4 is 6.41 Å². The van der Waals surface area contributed by atoms with Gasteiger partial charge in [0, 0.05) is 12.1 Å². The highest BCUT2D eigenvalue weighted by molar-refractivity contribution is 5.48. The molecule has 1 atom stereocenters. The lowest BCUT2D eigenvalue weighted by atomic mass is 10.1. The predicted molar refractivity (Wildman–Crippen MR) is 55.7 cm³/mol. The third-order valence-electron chi connectivity index (χ3n) is 2.34. The molecule has 0 radical (unpaired) electrons. The van der Waals surface area contributed by atoms with Gasteiger partial charge in [0.15, 0.2) is 0 Å². The molecule has 0 aliphatic heterocycles. The molecule has 0 aromatic carbocycles. The van der Waals surface area contributed by atoms with Crippen LogP contribution < -0.4 is 5.32 Å². The summed E-state index contributed by atoms with van der Waals surface area (Å²) in [6.07, 6.45) is 3.02. The molecule has 0 aromatic heterocycles. The van der Waals surface area contributed by atoms with Crippen LogP contribution in [0.5, 0.6) is 0 Å². The third kappa shape index (κ3) is 4.27. The average molecular weight is 186 g/mol. The molecule has 0 aliphatic rings. The van der Waals surface area contributed by atoms with E-state index < -0.39 is 0 Å². The van der Waals surface area contributed by atoms with E-state index >= 15 is 0 Å². The Hall–Kier alpha value is -0.570. The zero-order valence-electron chi connectivity index (χ0n) is 9.21. The van der Waals surface area contributed by atoms with Gasteiger partial charge < -0.3 is 10.2 Å². The molecule has 0 spiro atoms. The lowest BCUT2D eigenvalue weighted by Gasteiger charge is -2.31. The van der Waals surface area contributed by atoms with Crippen molar-refractivity contribution in [2.75, 3.05) is 13.6 Å². The second-order valence-corrected chi connectivity index (χ2v) is 3.60. The summed E-state index contributed by atoms with van der Waals surface area (Å²) < 4.78 is 0. The molecule has 0 bridgehead atoms. The van der Waals surface area contributed by atoms with Crippen LogP contribution in [-0.4, -0.2) is 37.0 Å². The van der Waals surface area contributed by atoms with E-state index in [0.717, 1.165) is 25.8 Å². The number of carbonyl (C=O) groups is 1. The second kappa shape index (κ2) is 6.89. The maximum Gasteiger partial charge on any atom is 0.210 e. The first-order chi connectivity index (χ1) is 6.17. The van der Waals surface area contributed by atoms with Crippen LogP contribution in [0.4, 0.5) is 0 Å². The Kier molecular flexibility index (Phi) is 6.59. The summed E-state index contributed by atoms with van der Waals surface area (Å²) in [5.74, 6) is 0. The van der Waals surface area contributed by atoms with E-state index in [9.17, 15) is 4.79 Å². The minimum atomic E-state index is 0.305. The fourth-order valence-corrected chi connectivity index (χ4v) is 1.50. The third-order valence-corrected chi connectivity index (χ3v) is 2.34. The Balaban J connectivity index is 4.08. The van der Waals surface area contributed by atoms with Gasteiger partial charge in [-0.15, -0.1) is 0 Å². The number of nitrogens with one attached hydrogen (secondary N) is 1. The number of nitrogens with zero attached hydrogens (tertiary/aromatic N) is 1. The Morgan fingerprint density at radius 2 is 2.08 bits per heavy atom. The topological polar surface area (TPSA) is 32.3 Å². The highest BCUT2D eigenvalue weighted by atomic mass is 16.1. The van der Waals surface area contributed by atoms with Crippen LogP contribution in [0.15, 0.2) is 0 Å². The lowest BCUT2D eigenvalue weighted by molar-refractivity contribution is -0.122. The minimum Gasteiger partial charge on any atom is -0.340 e. The van der Waals surface area contributed by atoms with Gasteiger partial charge in [-0.2, -0.15) is 0 Å². The van der Waals surface area contributed by atoms with Gasteiger partial charge in [0.25, 0.3) is 0 Å². The van der Waals surface area contributed by atoms with Crippen LogP contribution in [0.3, 0.4) is 0 Å². The molecule has 0 fully saturated rings. The minimum absolute atomic E-state index is 0.305. The van der Waals surface area contributed by atoms with Gasteiger partial charge in [-0.1, -0.05) is 6.92 Å². The predicted octanol–water partition coefficient (Wildman–Crippen LogP) is 1.24. The van der Waals surface area contributed by atoms with Crippen LogP contribution in [0.25, 0.3) is 0 Å². The number of hydrogen-bond donors (Lipinski definition) is 1. The van der Waals surface area contributed by atoms with Crippen molar-refractivity contribution in [1.82, 2.24) is 10.2 Å². The van der Waals surface area contributed by atoms with Gasteiger partial charge in [0.1, 0.15) is 0 Å². The van der Waals surface area contributed by atoms with Gasteiger partial charge in [-0.25, -0.2) is 0 Å². The van der Waals surface area contributed by atoms with Crippen LogP contribution in [0, 0.1) is 0 Å². The van der Waals surface area contributed by atoms with E-state index in [1.165, 1.54) is 0 Å². The van der Waals surface area contributed by atoms with Crippen LogP contribution in [0.1, 0.15) is 33.6 Å². The van der Waals surface area contributed by atoms with Gasteiger partial charge in [0.2, 0.25) is 6.41 Å². The van der Waals surface area contributed by atoms with Gasteiger partial charge in [-0.05, 0) is 40.3 Å². The standard InChI is InChI=1S/C10H22N2O/c1-5-10(6-7-11-4)12(8-13)9(2)3/h8-11H,5-7H2,1-4H3. The number of rotatable bonds is 7.